The number of benzene rings is 1. The molecule has 0 radical (unpaired) electrons. The maximum Gasteiger partial charge on any atom is 0.293 e. The van der Waals surface area contributed by atoms with Crippen LogP contribution in [-0.2, 0) is 4.74 Å². The lowest BCUT2D eigenvalue weighted by Crippen LogP contribution is -2.30. The Balaban J connectivity index is 2.21. The van der Waals surface area contributed by atoms with E-state index >= 15 is 0 Å². The molecule has 1 aromatic rings. The fourth-order valence-corrected chi connectivity index (χ4v) is 2.36. The lowest BCUT2D eigenvalue weighted by atomic mass is 10.1. The van der Waals surface area contributed by atoms with Gasteiger partial charge in [-0.25, -0.2) is 0 Å². The standard InChI is InChI=1S/C14H18N2O4/c1-9(14-4-3-7-20-14)15-12-6-5-11(10(2)17)8-13(12)16(18)19/h5-6,8-9,14-15H,3-4,7H2,1-2H3/t9-,14-/m0/s1. The summed E-state index contributed by atoms with van der Waals surface area (Å²) in [6.07, 6.45) is 2.04. The van der Waals surface area contributed by atoms with E-state index in [9.17, 15) is 14.9 Å². The maximum absolute atomic E-state index is 11.3. The van der Waals surface area contributed by atoms with E-state index < -0.39 is 4.92 Å². The highest BCUT2D eigenvalue weighted by molar-refractivity contribution is 5.95. The molecule has 108 valence electrons. The van der Waals surface area contributed by atoms with Crippen molar-refractivity contribution in [3.8, 4) is 0 Å². The Morgan fingerprint density at radius 2 is 2.30 bits per heavy atom. The predicted molar refractivity (Wildman–Crippen MR) is 75.2 cm³/mol. The Morgan fingerprint density at radius 1 is 1.55 bits per heavy atom. The first-order valence-electron chi connectivity index (χ1n) is 6.66. The minimum Gasteiger partial charge on any atom is -0.376 e. The molecule has 1 fully saturated rings. The van der Waals surface area contributed by atoms with Gasteiger partial charge in [-0.05, 0) is 38.8 Å². The first kappa shape index (κ1) is 14.5. The number of nitrogens with zero attached hydrogens (tertiary/aromatic N) is 1. The van der Waals surface area contributed by atoms with Gasteiger partial charge in [0.2, 0.25) is 0 Å². The van der Waals surface area contributed by atoms with Gasteiger partial charge in [-0.2, -0.15) is 0 Å². The second kappa shape index (κ2) is 6.00. The van der Waals surface area contributed by atoms with Gasteiger partial charge < -0.3 is 10.1 Å². The molecule has 1 heterocycles. The molecule has 6 heteroatoms. The third-order valence-electron chi connectivity index (χ3n) is 3.51. The Morgan fingerprint density at radius 3 is 2.85 bits per heavy atom. The van der Waals surface area contributed by atoms with Crippen LogP contribution in [0.5, 0.6) is 0 Å². The normalized spacial score (nSPS) is 19.6. The number of ketones is 1. The molecule has 1 N–H and O–H groups in total. The number of nitrogens with one attached hydrogen (secondary N) is 1. The van der Waals surface area contributed by atoms with E-state index in [2.05, 4.69) is 5.32 Å². The smallest absolute Gasteiger partial charge is 0.293 e. The molecule has 0 aromatic heterocycles. The van der Waals surface area contributed by atoms with Crippen LogP contribution >= 0.6 is 0 Å². The monoisotopic (exact) mass is 278 g/mol. The van der Waals surface area contributed by atoms with Crippen LogP contribution in [0.15, 0.2) is 18.2 Å². The second-order valence-electron chi connectivity index (χ2n) is 5.03. The summed E-state index contributed by atoms with van der Waals surface area (Å²) in [5, 5.41) is 14.2. The zero-order valence-electron chi connectivity index (χ0n) is 11.6. The molecule has 1 aromatic carbocycles. The van der Waals surface area contributed by atoms with E-state index in [0.717, 1.165) is 19.4 Å². The van der Waals surface area contributed by atoms with Gasteiger partial charge in [0.1, 0.15) is 5.69 Å². The third-order valence-corrected chi connectivity index (χ3v) is 3.51. The molecular weight excluding hydrogens is 260 g/mol. The number of nitro benzene ring substituents is 1. The van der Waals surface area contributed by atoms with Gasteiger partial charge in [0.15, 0.2) is 5.78 Å². The molecule has 0 saturated carbocycles. The summed E-state index contributed by atoms with van der Waals surface area (Å²) in [4.78, 5) is 21.9. The van der Waals surface area contributed by atoms with Gasteiger partial charge in [0.25, 0.3) is 5.69 Å². The second-order valence-corrected chi connectivity index (χ2v) is 5.03. The van der Waals surface area contributed by atoms with Gasteiger partial charge in [-0.1, -0.05) is 0 Å². The number of Topliss-reactive ketones (excluding diaryl/α,β-unsaturated/α-hetero) is 1. The molecule has 0 unspecified atom stereocenters. The molecule has 0 amide bonds. The molecule has 1 aliphatic rings. The lowest BCUT2D eigenvalue weighted by Gasteiger charge is -2.21. The minimum absolute atomic E-state index is 0.0145. The highest BCUT2D eigenvalue weighted by Gasteiger charge is 2.25. The van der Waals surface area contributed by atoms with Gasteiger partial charge in [0, 0.05) is 24.3 Å². The molecular formula is C14H18N2O4. The molecule has 0 aliphatic carbocycles. The zero-order chi connectivity index (χ0) is 14.7. The summed E-state index contributed by atoms with van der Waals surface area (Å²) >= 11 is 0. The number of nitro groups is 1. The summed E-state index contributed by atoms with van der Waals surface area (Å²) in [5.41, 5.74) is 0.678. The first-order chi connectivity index (χ1) is 9.49. The first-order valence-corrected chi connectivity index (χ1v) is 6.66. The number of carbonyl (C=O) groups excluding carboxylic acids is 1. The molecule has 6 nitrogen and oxygen atoms in total. The quantitative estimate of drug-likeness (QED) is 0.509. The van der Waals surface area contributed by atoms with Gasteiger partial charge in [-0.3, -0.25) is 14.9 Å². The van der Waals surface area contributed by atoms with E-state index in [4.69, 9.17) is 4.74 Å². The van der Waals surface area contributed by atoms with Crippen LogP contribution in [0.4, 0.5) is 11.4 Å². The van der Waals surface area contributed by atoms with Crippen molar-refractivity contribution in [3.63, 3.8) is 0 Å². The number of anilines is 1. The van der Waals surface area contributed by atoms with E-state index in [1.807, 2.05) is 6.92 Å². The van der Waals surface area contributed by atoms with E-state index in [0.29, 0.717) is 11.3 Å². The highest BCUT2D eigenvalue weighted by atomic mass is 16.6. The van der Waals surface area contributed by atoms with Crippen molar-refractivity contribution >= 4 is 17.2 Å². The van der Waals surface area contributed by atoms with Crippen molar-refractivity contribution in [1.82, 2.24) is 0 Å². The number of rotatable bonds is 5. The van der Waals surface area contributed by atoms with Crippen LogP contribution in [0.2, 0.25) is 0 Å². The maximum atomic E-state index is 11.3. The van der Waals surface area contributed by atoms with Crippen LogP contribution in [0.25, 0.3) is 0 Å². The molecule has 2 atom stereocenters. The summed E-state index contributed by atoms with van der Waals surface area (Å²) in [6, 6.07) is 4.48. The van der Waals surface area contributed by atoms with Gasteiger partial charge in [-0.15, -0.1) is 0 Å². The summed E-state index contributed by atoms with van der Waals surface area (Å²) in [6.45, 7) is 4.07. The van der Waals surface area contributed by atoms with E-state index in [1.165, 1.54) is 13.0 Å². The number of hydrogen-bond donors (Lipinski definition) is 1. The van der Waals surface area contributed by atoms with Crippen molar-refractivity contribution in [2.75, 3.05) is 11.9 Å². The predicted octanol–water partition coefficient (Wildman–Crippen LogP) is 2.78. The molecule has 0 spiro atoms. The molecule has 1 saturated heterocycles. The average molecular weight is 278 g/mol. The Kier molecular flexibility index (Phi) is 4.34. The lowest BCUT2D eigenvalue weighted by molar-refractivity contribution is -0.384. The molecule has 0 bridgehead atoms. The van der Waals surface area contributed by atoms with Crippen LogP contribution in [0, 0.1) is 10.1 Å². The summed E-state index contributed by atoms with van der Waals surface area (Å²) < 4.78 is 5.56. The van der Waals surface area contributed by atoms with Crippen molar-refractivity contribution in [2.45, 2.75) is 38.8 Å². The fraction of sp³-hybridized carbons (Fsp3) is 0.500. The Bertz CT molecular complexity index is 524. The number of carbonyl (C=O) groups is 1. The van der Waals surface area contributed by atoms with Crippen LogP contribution in [0.1, 0.15) is 37.0 Å². The fourth-order valence-electron chi connectivity index (χ4n) is 2.36. The van der Waals surface area contributed by atoms with E-state index in [1.54, 1.807) is 12.1 Å². The van der Waals surface area contributed by atoms with Crippen molar-refractivity contribution < 1.29 is 14.5 Å². The largest absolute Gasteiger partial charge is 0.376 e. The minimum atomic E-state index is -0.475. The molecule has 2 rings (SSSR count). The highest BCUT2D eigenvalue weighted by Crippen LogP contribution is 2.28. The van der Waals surface area contributed by atoms with Crippen LogP contribution < -0.4 is 5.32 Å². The number of ether oxygens (including phenoxy) is 1. The van der Waals surface area contributed by atoms with Crippen molar-refractivity contribution in [2.24, 2.45) is 0 Å². The van der Waals surface area contributed by atoms with Crippen LogP contribution in [-0.4, -0.2) is 29.5 Å². The van der Waals surface area contributed by atoms with Crippen molar-refractivity contribution in [1.29, 1.82) is 0 Å². The van der Waals surface area contributed by atoms with Gasteiger partial charge in [0.05, 0.1) is 11.0 Å². The third kappa shape index (κ3) is 3.14. The Hall–Kier alpha value is -1.95. The molecule has 20 heavy (non-hydrogen) atoms. The zero-order valence-corrected chi connectivity index (χ0v) is 11.6. The van der Waals surface area contributed by atoms with E-state index in [-0.39, 0.29) is 23.6 Å². The summed E-state index contributed by atoms with van der Waals surface area (Å²) in [7, 11) is 0. The number of hydrogen-bond acceptors (Lipinski definition) is 5. The molecule has 1 aliphatic heterocycles. The average Bonchev–Trinajstić information content (AvgIpc) is 2.92. The Labute approximate surface area is 117 Å². The van der Waals surface area contributed by atoms with Crippen LogP contribution in [0.3, 0.4) is 0 Å². The summed E-state index contributed by atoms with van der Waals surface area (Å²) in [5.74, 6) is -0.188. The van der Waals surface area contributed by atoms with Gasteiger partial charge >= 0.3 is 0 Å². The van der Waals surface area contributed by atoms with Crippen molar-refractivity contribution in [3.05, 3.63) is 33.9 Å². The topological polar surface area (TPSA) is 81.5 Å². The SMILES string of the molecule is CC(=O)c1ccc(N[C@@H](C)[C@@H]2CCCO2)c([N+](=O)[O-])c1.